The number of rotatable bonds is 3. The van der Waals surface area contributed by atoms with Crippen molar-refractivity contribution in [1.29, 1.82) is 0 Å². The zero-order chi connectivity index (χ0) is 18.1. The van der Waals surface area contributed by atoms with E-state index in [1.165, 1.54) is 10.5 Å². The molecule has 128 valence electrons. The van der Waals surface area contributed by atoms with Gasteiger partial charge in [-0.05, 0) is 30.7 Å². The average molecular weight is 345 g/mol. The van der Waals surface area contributed by atoms with E-state index < -0.39 is 5.97 Å². The predicted octanol–water partition coefficient (Wildman–Crippen LogP) is 2.91. The molecule has 0 radical (unpaired) electrons. The van der Waals surface area contributed by atoms with Crippen molar-refractivity contribution in [2.75, 3.05) is 0 Å². The lowest BCUT2D eigenvalue weighted by atomic mass is 10.2. The summed E-state index contributed by atoms with van der Waals surface area (Å²) in [6.07, 6.45) is 1.72. The fourth-order valence-corrected chi connectivity index (χ4v) is 2.73. The van der Waals surface area contributed by atoms with Crippen molar-refractivity contribution >= 4 is 22.5 Å². The summed E-state index contributed by atoms with van der Waals surface area (Å²) in [5.74, 6) is -0.554. The number of nitrogens with zero attached hydrogens (tertiary/aromatic N) is 3. The maximum absolute atomic E-state index is 12.3. The number of para-hydroxylation sites is 1. The van der Waals surface area contributed by atoms with Gasteiger partial charge in [-0.25, -0.2) is 14.8 Å². The van der Waals surface area contributed by atoms with Crippen LogP contribution in [-0.2, 0) is 11.3 Å². The molecule has 26 heavy (non-hydrogen) atoms. The molecule has 0 N–H and O–H groups in total. The lowest BCUT2D eigenvalue weighted by molar-refractivity contribution is 0.0461. The van der Waals surface area contributed by atoms with E-state index in [1.807, 2.05) is 43.3 Å². The minimum absolute atomic E-state index is 0.0903. The maximum Gasteiger partial charge on any atom is 0.357 e. The van der Waals surface area contributed by atoms with Gasteiger partial charge >= 0.3 is 5.97 Å². The van der Waals surface area contributed by atoms with Crippen molar-refractivity contribution in [1.82, 2.24) is 14.4 Å². The van der Waals surface area contributed by atoms with Gasteiger partial charge in [-0.15, -0.1) is 0 Å². The molecule has 0 unspecified atom stereocenters. The SMILES string of the molecule is Cc1ccc2nc(COC(=O)c3ccc4ccccc4n3)cc(=O)n2c1. The predicted molar refractivity (Wildman–Crippen MR) is 97.1 cm³/mol. The summed E-state index contributed by atoms with van der Waals surface area (Å²) >= 11 is 0. The molecule has 6 nitrogen and oxygen atoms in total. The number of pyridine rings is 2. The van der Waals surface area contributed by atoms with Crippen LogP contribution in [0.25, 0.3) is 16.6 Å². The lowest BCUT2D eigenvalue weighted by Crippen LogP contribution is -2.17. The topological polar surface area (TPSA) is 73.6 Å². The van der Waals surface area contributed by atoms with Crippen molar-refractivity contribution in [2.24, 2.45) is 0 Å². The number of esters is 1. The highest BCUT2D eigenvalue weighted by atomic mass is 16.5. The number of hydrogen-bond donors (Lipinski definition) is 0. The summed E-state index contributed by atoms with van der Waals surface area (Å²) in [7, 11) is 0. The Labute approximate surface area is 148 Å². The highest BCUT2D eigenvalue weighted by molar-refractivity contribution is 5.90. The largest absolute Gasteiger partial charge is 0.454 e. The van der Waals surface area contributed by atoms with Gasteiger partial charge < -0.3 is 4.74 Å². The molecule has 4 aromatic rings. The van der Waals surface area contributed by atoms with Crippen LogP contribution in [0, 0.1) is 6.92 Å². The van der Waals surface area contributed by atoms with E-state index in [9.17, 15) is 9.59 Å². The van der Waals surface area contributed by atoms with Gasteiger partial charge in [-0.3, -0.25) is 9.20 Å². The first-order chi connectivity index (χ1) is 12.6. The number of aryl methyl sites for hydroxylation is 1. The van der Waals surface area contributed by atoms with Gasteiger partial charge in [-0.1, -0.05) is 30.3 Å². The van der Waals surface area contributed by atoms with Gasteiger partial charge in [0.25, 0.3) is 5.56 Å². The molecule has 1 aromatic carbocycles. The highest BCUT2D eigenvalue weighted by Gasteiger charge is 2.11. The molecule has 0 fully saturated rings. The molecule has 0 aliphatic carbocycles. The van der Waals surface area contributed by atoms with E-state index in [1.54, 1.807) is 18.3 Å². The van der Waals surface area contributed by atoms with Crippen LogP contribution in [0.5, 0.6) is 0 Å². The first-order valence-corrected chi connectivity index (χ1v) is 8.12. The summed E-state index contributed by atoms with van der Waals surface area (Å²) < 4.78 is 6.74. The Morgan fingerprint density at radius 2 is 1.92 bits per heavy atom. The van der Waals surface area contributed by atoms with Gasteiger partial charge in [0.2, 0.25) is 0 Å². The second-order valence-corrected chi connectivity index (χ2v) is 5.99. The van der Waals surface area contributed by atoms with E-state index in [-0.39, 0.29) is 17.9 Å². The van der Waals surface area contributed by atoms with Crippen LogP contribution in [0.1, 0.15) is 21.7 Å². The Morgan fingerprint density at radius 3 is 2.81 bits per heavy atom. The van der Waals surface area contributed by atoms with E-state index in [0.717, 1.165) is 16.5 Å². The van der Waals surface area contributed by atoms with Crippen LogP contribution in [0.4, 0.5) is 0 Å². The lowest BCUT2D eigenvalue weighted by Gasteiger charge is -2.07. The molecule has 0 amide bonds. The normalized spacial score (nSPS) is 11.0. The molecule has 0 aliphatic rings. The molecule has 0 saturated heterocycles. The molecule has 0 atom stereocenters. The minimum Gasteiger partial charge on any atom is -0.454 e. The number of aromatic nitrogens is 3. The standard InChI is InChI=1S/C20H15N3O3/c1-13-6-9-18-21-15(10-19(24)23(18)11-13)12-26-20(25)17-8-7-14-4-2-3-5-16(14)22-17/h2-11H,12H2,1H3. The summed E-state index contributed by atoms with van der Waals surface area (Å²) in [4.78, 5) is 33.1. The molecule has 0 spiro atoms. The van der Waals surface area contributed by atoms with Gasteiger partial charge in [-0.2, -0.15) is 0 Å². The third kappa shape index (κ3) is 3.04. The van der Waals surface area contributed by atoms with Crippen LogP contribution in [-0.4, -0.2) is 20.3 Å². The Hall–Kier alpha value is -3.54. The van der Waals surface area contributed by atoms with Crippen molar-refractivity contribution in [3.63, 3.8) is 0 Å². The number of hydrogen-bond acceptors (Lipinski definition) is 5. The van der Waals surface area contributed by atoms with Crippen LogP contribution in [0.15, 0.2) is 65.6 Å². The van der Waals surface area contributed by atoms with Gasteiger partial charge in [0.05, 0.1) is 11.2 Å². The second kappa shape index (κ2) is 6.40. The van der Waals surface area contributed by atoms with Crippen molar-refractivity contribution < 1.29 is 9.53 Å². The van der Waals surface area contributed by atoms with E-state index in [0.29, 0.717) is 11.3 Å². The van der Waals surface area contributed by atoms with Crippen LogP contribution < -0.4 is 5.56 Å². The number of carbonyl (C=O) groups is 1. The molecular weight excluding hydrogens is 330 g/mol. The number of carbonyl (C=O) groups excluding carboxylic acids is 1. The van der Waals surface area contributed by atoms with Crippen molar-refractivity contribution in [3.05, 3.63) is 88.1 Å². The monoisotopic (exact) mass is 345 g/mol. The molecule has 3 heterocycles. The Bertz CT molecular complexity index is 1200. The first-order valence-electron chi connectivity index (χ1n) is 8.12. The van der Waals surface area contributed by atoms with Crippen LogP contribution in [0.3, 0.4) is 0 Å². The quantitative estimate of drug-likeness (QED) is 0.534. The molecule has 4 rings (SSSR count). The smallest absolute Gasteiger partial charge is 0.357 e. The third-order valence-corrected chi connectivity index (χ3v) is 4.02. The Kier molecular flexibility index (Phi) is 3.93. The summed E-state index contributed by atoms with van der Waals surface area (Å²) in [5, 5.41) is 0.948. The minimum atomic E-state index is -0.554. The molecule has 0 saturated carbocycles. The number of benzene rings is 1. The number of fused-ring (bicyclic) bond motifs is 2. The Morgan fingerprint density at radius 1 is 1.08 bits per heavy atom. The van der Waals surface area contributed by atoms with Crippen molar-refractivity contribution in [3.8, 4) is 0 Å². The molecule has 0 aliphatic heterocycles. The highest BCUT2D eigenvalue weighted by Crippen LogP contribution is 2.13. The molecule has 3 aromatic heterocycles. The molecular formula is C20H15N3O3. The first kappa shape index (κ1) is 16.0. The van der Waals surface area contributed by atoms with E-state index >= 15 is 0 Å². The van der Waals surface area contributed by atoms with Crippen molar-refractivity contribution in [2.45, 2.75) is 13.5 Å². The van der Waals surface area contributed by atoms with Gasteiger partial charge in [0, 0.05) is 17.6 Å². The third-order valence-electron chi connectivity index (χ3n) is 4.02. The average Bonchev–Trinajstić information content (AvgIpc) is 2.66. The fraction of sp³-hybridized carbons (Fsp3) is 0.100. The van der Waals surface area contributed by atoms with Crippen LogP contribution in [0.2, 0.25) is 0 Å². The zero-order valence-corrected chi connectivity index (χ0v) is 14.0. The van der Waals surface area contributed by atoms with Gasteiger partial charge in [0.1, 0.15) is 17.9 Å². The molecule has 6 heteroatoms. The summed E-state index contributed by atoms with van der Waals surface area (Å²) in [6.45, 7) is 1.81. The van der Waals surface area contributed by atoms with E-state index in [4.69, 9.17) is 4.74 Å². The molecule has 0 bridgehead atoms. The van der Waals surface area contributed by atoms with Crippen LogP contribution >= 0.6 is 0 Å². The zero-order valence-electron chi connectivity index (χ0n) is 14.0. The van der Waals surface area contributed by atoms with E-state index in [2.05, 4.69) is 9.97 Å². The summed E-state index contributed by atoms with van der Waals surface area (Å²) in [5.41, 5.74) is 2.60. The summed E-state index contributed by atoms with van der Waals surface area (Å²) in [6, 6.07) is 16.0. The Balaban J connectivity index is 1.56. The fourth-order valence-electron chi connectivity index (χ4n) is 2.73. The number of ether oxygens (including phenoxy) is 1. The maximum atomic E-state index is 12.3. The van der Waals surface area contributed by atoms with Gasteiger partial charge in [0.15, 0.2) is 0 Å². The second-order valence-electron chi connectivity index (χ2n) is 5.99.